The van der Waals surface area contributed by atoms with Gasteiger partial charge in [0.2, 0.25) is 0 Å². The van der Waals surface area contributed by atoms with Crippen LogP contribution in [0.2, 0.25) is 0 Å². The average Bonchev–Trinajstić information content (AvgIpc) is 3.41. The number of piperidine rings is 2. The molecule has 2 fully saturated rings. The highest BCUT2D eigenvalue weighted by atomic mass is 32.1. The minimum Gasteiger partial charge on any atom is -0.490 e. The van der Waals surface area contributed by atoms with Crippen molar-refractivity contribution in [3.63, 3.8) is 0 Å². The summed E-state index contributed by atoms with van der Waals surface area (Å²) in [7, 11) is 0. The Morgan fingerprint density at radius 3 is 2.35 bits per heavy atom. The highest BCUT2D eigenvalue weighted by molar-refractivity contribution is 7.18. The molecule has 13 heteroatoms. The zero-order chi connectivity index (χ0) is 32.3. The minimum atomic E-state index is -4.71. The Morgan fingerprint density at radius 1 is 0.957 bits per heavy atom. The normalized spacial score (nSPS) is 16.8. The van der Waals surface area contributed by atoms with Crippen molar-refractivity contribution in [1.29, 1.82) is 0 Å². The Kier molecular flexibility index (Phi) is 9.41. The van der Waals surface area contributed by atoms with Gasteiger partial charge in [-0.3, -0.25) is 19.5 Å². The molecule has 46 heavy (non-hydrogen) atoms. The number of hydrogen-bond acceptors (Lipinski definition) is 8. The minimum absolute atomic E-state index is 0.0105. The summed E-state index contributed by atoms with van der Waals surface area (Å²) in [5.41, 5.74) is 2.51. The van der Waals surface area contributed by atoms with E-state index < -0.39 is 6.36 Å². The number of ether oxygens (including phenoxy) is 2. The molecule has 2 aliphatic rings. The van der Waals surface area contributed by atoms with E-state index >= 15 is 0 Å². The van der Waals surface area contributed by atoms with E-state index in [1.54, 1.807) is 40.5 Å². The monoisotopic (exact) mass is 653 g/mol. The molecular formula is C33H34F3N5O4S. The van der Waals surface area contributed by atoms with Gasteiger partial charge in [0.25, 0.3) is 11.8 Å². The summed E-state index contributed by atoms with van der Waals surface area (Å²) in [6, 6.07) is 15.0. The van der Waals surface area contributed by atoms with Crippen LogP contribution in [0.1, 0.15) is 57.1 Å². The van der Waals surface area contributed by atoms with E-state index in [4.69, 9.17) is 4.74 Å². The zero-order valence-corrected chi connectivity index (χ0v) is 26.1. The predicted molar refractivity (Wildman–Crippen MR) is 167 cm³/mol. The van der Waals surface area contributed by atoms with Crippen LogP contribution in [0.3, 0.4) is 0 Å². The molecule has 0 aliphatic carbocycles. The standard InChI is InChI=1S/C33H34F3N5O4S/c1-21-38-29-18-27(7-9-30(29)46-21)44-25-12-16-41(17-13-25)32(43)28-8-4-23(19-37-28)31(42)39-24-10-14-40(15-11-24)20-22-2-5-26(6-3-22)45-33(34,35)36/h2-9,18-19,24-25H,10-17,20H2,1H3,(H,39,42). The van der Waals surface area contributed by atoms with Gasteiger partial charge in [0.15, 0.2) is 0 Å². The summed E-state index contributed by atoms with van der Waals surface area (Å²) in [6.07, 6.45) is -0.356. The molecule has 0 spiro atoms. The highest BCUT2D eigenvalue weighted by Crippen LogP contribution is 2.28. The van der Waals surface area contributed by atoms with E-state index in [0.717, 1.165) is 52.5 Å². The van der Waals surface area contributed by atoms with E-state index in [9.17, 15) is 22.8 Å². The van der Waals surface area contributed by atoms with E-state index in [1.165, 1.54) is 18.3 Å². The quantitative estimate of drug-likeness (QED) is 0.250. The summed E-state index contributed by atoms with van der Waals surface area (Å²) in [4.78, 5) is 38.8. The molecule has 4 aromatic rings. The van der Waals surface area contributed by atoms with Gasteiger partial charge in [-0.1, -0.05) is 12.1 Å². The highest BCUT2D eigenvalue weighted by Gasteiger charge is 2.31. The fraction of sp³-hybridized carbons (Fsp3) is 0.394. The number of carbonyl (C=O) groups excluding carboxylic acids is 2. The number of likely N-dealkylation sites (tertiary alicyclic amines) is 2. The van der Waals surface area contributed by atoms with Crippen LogP contribution >= 0.6 is 11.3 Å². The molecule has 2 aliphatic heterocycles. The van der Waals surface area contributed by atoms with Gasteiger partial charge in [-0.25, -0.2) is 4.98 Å². The number of alkyl halides is 3. The smallest absolute Gasteiger partial charge is 0.490 e. The van der Waals surface area contributed by atoms with Crippen molar-refractivity contribution in [3.8, 4) is 11.5 Å². The number of nitrogens with zero attached hydrogens (tertiary/aromatic N) is 4. The largest absolute Gasteiger partial charge is 0.573 e. The van der Waals surface area contributed by atoms with Crippen molar-refractivity contribution in [1.82, 2.24) is 25.1 Å². The number of fused-ring (bicyclic) bond motifs is 1. The SMILES string of the molecule is Cc1nc2cc(OC3CCN(C(=O)c4ccc(C(=O)NC5CCN(Cc6ccc(OC(F)(F)F)cc6)CC5)cn4)CC3)ccc2s1. The number of rotatable bonds is 8. The molecule has 9 nitrogen and oxygen atoms in total. The van der Waals surface area contributed by atoms with E-state index in [0.29, 0.717) is 43.7 Å². The molecule has 0 radical (unpaired) electrons. The Bertz CT molecular complexity index is 1660. The lowest BCUT2D eigenvalue weighted by molar-refractivity contribution is -0.274. The fourth-order valence-electron chi connectivity index (χ4n) is 5.84. The first kappa shape index (κ1) is 31.7. The third kappa shape index (κ3) is 8.13. The van der Waals surface area contributed by atoms with Crippen LogP contribution in [0, 0.1) is 6.92 Å². The maximum Gasteiger partial charge on any atom is 0.573 e. The number of benzene rings is 2. The zero-order valence-electron chi connectivity index (χ0n) is 25.3. The van der Waals surface area contributed by atoms with Crippen molar-refractivity contribution in [2.24, 2.45) is 0 Å². The Morgan fingerprint density at radius 2 is 1.67 bits per heavy atom. The lowest BCUT2D eigenvalue weighted by Gasteiger charge is -2.32. The van der Waals surface area contributed by atoms with Gasteiger partial charge in [-0.15, -0.1) is 24.5 Å². The number of pyridine rings is 1. The number of carbonyl (C=O) groups is 2. The molecule has 242 valence electrons. The Labute approximate surface area is 268 Å². The molecule has 4 heterocycles. The second-order valence-electron chi connectivity index (χ2n) is 11.6. The van der Waals surface area contributed by atoms with E-state index in [-0.39, 0.29) is 29.7 Å². The van der Waals surface area contributed by atoms with Crippen LogP contribution in [0.25, 0.3) is 10.2 Å². The number of hydrogen-bond donors (Lipinski definition) is 1. The molecule has 1 N–H and O–H groups in total. The summed E-state index contributed by atoms with van der Waals surface area (Å²) in [5, 5.41) is 4.07. The van der Waals surface area contributed by atoms with Gasteiger partial charge in [-0.05, 0) is 61.7 Å². The van der Waals surface area contributed by atoms with Crippen molar-refractivity contribution >= 4 is 33.4 Å². The molecule has 0 unspecified atom stereocenters. The van der Waals surface area contributed by atoms with Gasteiger partial charge in [-0.2, -0.15) is 0 Å². The Balaban J connectivity index is 0.926. The maximum absolute atomic E-state index is 13.1. The van der Waals surface area contributed by atoms with Gasteiger partial charge in [0.1, 0.15) is 23.3 Å². The summed E-state index contributed by atoms with van der Waals surface area (Å²) in [6.45, 7) is 5.17. The lowest BCUT2D eigenvalue weighted by atomic mass is 10.0. The van der Waals surface area contributed by atoms with Crippen molar-refractivity contribution in [2.45, 2.75) is 57.7 Å². The summed E-state index contributed by atoms with van der Waals surface area (Å²) >= 11 is 1.65. The summed E-state index contributed by atoms with van der Waals surface area (Å²) in [5.74, 6) is 0.136. The van der Waals surface area contributed by atoms with Crippen LogP contribution in [0.4, 0.5) is 13.2 Å². The van der Waals surface area contributed by atoms with Crippen molar-refractivity contribution in [2.75, 3.05) is 26.2 Å². The molecule has 0 bridgehead atoms. The number of aryl methyl sites for hydroxylation is 1. The second kappa shape index (κ2) is 13.6. The van der Waals surface area contributed by atoms with Gasteiger partial charge < -0.3 is 19.7 Å². The molecule has 0 saturated carbocycles. The molecule has 6 rings (SSSR count). The third-order valence-electron chi connectivity index (χ3n) is 8.23. The molecular weight excluding hydrogens is 619 g/mol. The van der Waals surface area contributed by atoms with E-state index in [2.05, 4.69) is 24.9 Å². The van der Waals surface area contributed by atoms with Crippen LogP contribution in [-0.2, 0) is 6.54 Å². The molecule has 2 aromatic heterocycles. The maximum atomic E-state index is 13.1. The lowest BCUT2D eigenvalue weighted by Crippen LogP contribution is -2.44. The van der Waals surface area contributed by atoms with Crippen LogP contribution < -0.4 is 14.8 Å². The van der Waals surface area contributed by atoms with Crippen molar-refractivity contribution < 1.29 is 32.2 Å². The van der Waals surface area contributed by atoms with Gasteiger partial charge >= 0.3 is 6.36 Å². The summed E-state index contributed by atoms with van der Waals surface area (Å²) < 4.78 is 48.4. The number of thiazole rings is 1. The molecule has 2 aromatic carbocycles. The fourth-order valence-corrected chi connectivity index (χ4v) is 6.65. The van der Waals surface area contributed by atoms with Crippen LogP contribution in [-0.4, -0.2) is 76.3 Å². The number of amides is 2. The first-order valence-electron chi connectivity index (χ1n) is 15.2. The topological polar surface area (TPSA) is 96.9 Å². The average molecular weight is 654 g/mol. The molecule has 0 atom stereocenters. The van der Waals surface area contributed by atoms with Gasteiger partial charge in [0, 0.05) is 63.9 Å². The van der Waals surface area contributed by atoms with Crippen LogP contribution in [0.5, 0.6) is 11.5 Å². The van der Waals surface area contributed by atoms with Gasteiger partial charge in [0.05, 0.1) is 20.8 Å². The molecule has 2 amide bonds. The third-order valence-corrected chi connectivity index (χ3v) is 9.18. The first-order valence-corrected chi connectivity index (χ1v) is 16.1. The predicted octanol–water partition coefficient (Wildman–Crippen LogP) is 5.98. The number of aromatic nitrogens is 2. The van der Waals surface area contributed by atoms with Crippen molar-refractivity contribution in [3.05, 3.63) is 82.6 Å². The Hall–Kier alpha value is -4.23. The molecule has 2 saturated heterocycles. The van der Waals surface area contributed by atoms with Crippen LogP contribution in [0.15, 0.2) is 60.8 Å². The first-order chi connectivity index (χ1) is 22.1. The van der Waals surface area contributed by atoms with E-state index in [1.807, 2.05) is 25.1 Å². The number of nitrogens with one attached hydrogen (secondary N) is 1. The number of halogens is 3. The second-order valence-corrected chi connectivity index (χ2v) is 12.9.